The van der Waals surface area contributed by atoms with Crippen LogP contribution in [0.3, 0.4) is 0 Å². The first kappa shape index (κ1) is 29.1. The summed E-state index contributed by atoms with van der Waals surface area (Å²) in [5, 5.41) is 12.1. The van der Waals surface area contributed by atoms with Gasteiger partial charge in [-0.15, -0.1) is 0 Å². The van der Waals surface area contributed by atoms with E-state index in [0.717, 1.165) is 67.0 Å². The van der Waals surface area contributed by atoms with Crippen LogP contribution >= 0.6 is 0 Å². The van der Waals surface area contributed by atoms with Crippen molar-refractivity contribution in [3.05, 3.63) is 63.9 Å². The SMILES string of the molecule is CC1=C2C[C@H]3[C@@H](CCC4=CC(=[N+](C)[O-])CC[C@@]43C)[C@@H]2CC[C@@]2(C1)O[C@@H]1C[C@H](C)CN(C(=O)OCc3ccccc3)[C@H]1[C@H]2C. The molecule has 7 rings (SSSR count). The Hall–Kier alpha value is -2.60. The van der Waals surface area contributed by atoms with E-state index in [1.54, 1.807) is 18.2 Å². The molecule has 232 valence electrons. The van der Waals surface area contributed by atoms with Crippen molar-refractivity contribution in [2.24, 2.45) is 35.0 Å². The maximum absolute atomic E-state index is 13.5. The number of hydroxylamine groups is 1. The van der Waals surface area contributed by atoms with Gasteiger partial charge in [0.15, 0.2) is 5.71 Å². The van der Waals surface area contributed by atoms with Gasteiger partial charge in [0.05, 0.1) is 17.7 Å². The van der Waals surface area contributed by atoms with Crippen LogP contribution in [0.5, 0.6) is 0 Å². The lowest BCUT2D eigenvalue weighted by Crippen LogP contribution is -2.54. The first-order valence-corrected chi connectivity index (χ1v) is 16.9. The van der Waals surface area contributed by atoms with E-state index in [1.807, 2.05) is 35.2 Å². The van der Waals surface area contributed by atoms with Crippen molar-refractivity contribution in [3.63, 3.8) is 0 Å². The van der Waals surface area contributed by atoms with Crippen molar-refractivity contribution in [1.29, 1.82) is 0 Å². The summed E-state index contributed by atoms with van der Waals surface area (Å²) in [6, 6.07) is 10.0. The minimum absolute atomic E-state index is 0.0658. The molecule has 2 saturated carbocycles. The average Bonchev–Trinajstić information content (AvgIpc) is 3.45. The molecule has 4 aliphatic carbocycles. The lowest BCUT2D eigenvalue weighted by Gasteiger charge is -2.48. The second-order valence-corrected chi connectivity index (χ2v) is 15.3. The lowest BCUT2D eigenvalue weighted by atomic mass is 9.56. The normalized spacial score (nSPS) is 41.6. The molecule has 0 aromatic heterocycles. The van der Waals surface area contributed by atoms with E-state index in [1.165, 1.54) is 24.8 Å². The molecule has 2 saturated heterocycles. The molecule has 2 heterocycles. The van der Waals surface area contributed by atoms with E-state index in [2.05, 4.69) is 33.8 Å². The van der Waals surface area contributed by atoms with Crippen LogP contribution in [0.15, 0.2) is 53.1 Å². The van der Waals surface area contributed by atoms with Crippen molar-refractivity contribution in [2.75, 3.05) is 13.6 Å². The Morgan fingerprint density at radius 3 is 2.72 bits per heavy atom. The largest absolute Gasteiger partial charge is 0.624 e. The number of fused-ring (bicyclic) bond motifs is 6. The van der Waals surface area contributed by atoms with Crippen LogP contribution in [-0.2, 0) is 16.1 Å². The second-order valence-electron chi connectivity index (χ2n) is 15.3. The van der Waals surface area contributed by atoms with Gasteiger partial charge in [-0.25, -0.2) is 9.53 Å². The molecule has 0 radical (unpaired) electrons. The van der Waals surface area contributed by atoms with E-state index in [-0.39, 0.29) is 35.2 Å². The molecule has 43 heavy (non-hydrogen) atoms. The van der Waals surface area contributed by atoms with Gasteiger partial charge in [-0.3, -0.25) is 0 Å². The number of carbonyl (C=O) groups is 1. The van der Waals surface area contributed by atoms with Crippen LogP contribution in [0, 0.1) is 40.2 Å². The summed E-state index contributed by atoms with van der Waals surface area (Å²) in [5.41, 5.74) is 6.75. The van der Waals surface area contributed by atoms with Crippen molar-refractivity contribution < 1.29 is 19.0 Å². The molecule has 6 aliphatic rings. The highest BCUT2D eigenvalue weighted by atomic mass is 16.6. The van der Waals surface area contributed by atoms with Gasteiger partial charge < -0.3 is 19.6 Å². The molecule has 1 aromatic rings. The highest BCUT2D eigenvalue weighted by Gasteiger charge is 2.60. The minimum atomic E-state index is -0.217. The number of nitrogens with zero attached hydrogens (tertiary/aromatic N) is 2. The second kappa shape index (κ2) is 10.8. The maximum atomic E-state index is 13.5. The number of rotatable bonds is 2. The van der Waals surface area contributed by atoms with Gasteiger partial charge in [-0.05, 0) is 92.9 Å². The molecule has 1 amide bonds. The number of benzene rings is 1. The van der Waals surface area contributed by atoms with E-state index < -0.39 is 0 Å². The summed E-state index contributed by atoms with van der Waals surface area (Å²) in [5.74, 6) is 2.68. The highest BCUT2D eigenvalue weighted by Crippen LogP contribution is 2.64. The van der Waals surface area contributed by atoms with Crippen LogP contribution in [0.25, 0.3) is 0 Å². The molecule has 6 heteroatoms. The molecule has 0 N–H and O–H groups in total. The van der Waals surface area contributed by atoms with Gasteiger partial charge in [0.1, 0.15) is 13.7 Å². The molecule has 2 aliphatic heterocycles. The summed E-state index contributed by atoms with van der Waals surface area (Å²) in [6.45, 7) is 10.5. The minimum Gasteiger partial charge on any atom is -0.624 e. The number of hydrogen-bond donors (Lipinski definition) is 0. The third-order valence-electron chi connectivity index (χ3n) is 12.9. The molecular formula is C37H50N2O4. The smallest absolute Gasteiger partial charge is 0.410 e. The van der Waals surface area contributed by atoms with Crippen LogP contribution < -0.4 is 0 Å². The van der Waals surface area contributed by atoms with Crippen LogP contribution in [-0.4, -0.2) is 52.8 Å². The quantitative estimate of drug-likeness (QED) is 0.154. The Morgan fingerprint density at radius 2 is 1.95 bits per heavy atom. The number of amides is 1. The maximum Gasteiger partial charge on any atom is 0.410 e. The molecule has 1 aromatic carbocycles. The van der Waals surface area contributed by atoms with Gasteiger partial charge in [0.2, 0.25) is 0 Å². The molecule has 0 unspecified atom stereocenters. The number of piperidine rings is 1. The van der Waals surface area contributed by atoms with E-state index in [4.69, 9.17) is 9.47 Å². The molecule has 6 nitrogen and oxygen atoms in total. The zero-order valence-corrected chi connectivity index (χ0v) is 26.8. The Labute approximate surface area is 257 Å². The predicted octanol–water partition coefficient (Wildman–Crippen LogP) is 7.66. The summed E-state index contributed by atoms with van der Waals surface area (Å²) >= 11 is 0. The summed E-state index contributed by atoms with van der Waals surface area (Å²) in [7, 11) is 1.65. The fourth-order valence-corrected chi connectivity index (χ4v) is 10.6. The fourth-order valence-electron chi connectivity index (χ4n) is 10.6. The molecule has 9 atom stereocenters. The van der Waals surface area contributed by atoms with Gasteiger partial charge in [0.25, 0.3) is 0 Å². The van der Waals surface area contributed by atoms with Gasteiger partial charge in [0, 0.05) is 25.0 Å². The zero-order valence-electron chi connectivity index (χ0n) is 26.8. The Kier molecular flexibility index (Phi) is 7.31. The van der Waals surface area contributed by atoms with Gasteiger partial charge in [-0.2, -0.15) is 0 Å². The highest BCUT2D eigenvalue weighted by molar-refractivity contribution is 5.92. The Bertz CT molecular complexity index is 1360. The number of ether oxygens (including phenoxy) is 2. The number of allylic oxidation sites excluding steroid dienone is 3. The zero-order chi connectivity index (χ0) is 30.1. The molecular weight excluding hydrogens is 536 g/mol. The van der Waals surface area contributed by atoms with E-state index in [0.29, 0.717) is 24.4 Å². The monoisotopic (exact) mass is 586 g/mol. The first-order chi connectivity index (χ1) is 20.6. The number of likely N-dealkylation sites (tertiary alicyclic amines) is 1. The van der Waals surface area contributed by atoms with Gasteiger partial charge in [-0.1, -0.05) is 67.8 Å². The predicted molar refractivity (Wildman–Crippen MR) is 169 cm³/mol. The summed E-state index contributed by atoms with van der Waals surface area (Å²) in [4.78, 5) is 15.6. The standard InChI is InChI=1S/C37H50N2O4/c1-23-17-33-34(39(21-23)35(40)42-22-26-9-7-6-8-10-26)25(3)37(43-33)16-14-29-30-12-11-27-18-28(38(5)41)13-15-36(27,4)32(30)19-31(29)24(2)20-37/h6-10,18,23,25,29-30,32-34H,11-17,19-22H2,1-5H3/t23-,25+,29-,30-,32-,33+,34-,36-,37-/m0/s1. The van der Waals surface area contributed by atoms with Crippen molar-refractivity contribution >= 4 is 11.8 Å². The molecule has 0 bridgehead atoms. The summed E-state index contributed by atoms with van der Waals surface area (Å²) < 4.78 is 14.1. The topological polar surface area (TPSA) is 64.8 Å². The number of hydrogen-bond acceptors (Lipinski definition) is 4. The third-order valence-corrected chi connectivity index (χ3v) is 12.9. The third kappa shape index (κ3) is 4.78. The lowest BCUT2D eigenvalue weighted by molar-refractivity contribution is -0.423. The fraction of sp³-hybridized carbons (Fsp3) is 0.676. The number of carbonyl (C=O) groups excluding carboxylic acids is 1. The van der Waals surface area contributed by atoms with Crippen LogP contribution in [0.1, 0.15) is 91.0 Å². The van der Waals surface area contributed by atoms with E-state index >= 15 is 0 Å². The van der Waals surface area contributed by atoms with Crippen molar-refractivity contribution in [3.8, 4) is 0 Å². The van der Waals surface area contributed by atoms with Crippen molar-refractivity contribution in [2.45, 2.75) is 110 Å². The first-order valence-electron chi connectivity index (χ1n) is 16.9. The molecule has 1 spiro atoms. The average molecular weight is 587 g/mol. The Morgan fingerprint density at radius 1 is 1.16 bits per heavy atom. The van der Waals surface area contributed by atoms with Crippen molar-refractivity contribution in [1.82, 2.24) is 4.90 Å². The van der Waals surface area contributed by atoms with Crippen LogP contribution in [0.2, 0.25) is 0 Å². The Balaban J connectivity index is 1.12. The molecule has 4 fully saturated rings. The van der Waals surface area contributed by atoms with Gasteiger partial charge >= 0.3 is 6.09 Å². The summed E-state index contributed by atoms with van der Waals surface area (Å²) in [6.07, 6.45) is 11.9. The van der Waals surface area contributed by atoms with Crippen LogP contribution in [0.4, 0.5) is 4.79 Å². The van der Waals surface area contributed by atoms with E-state index in [9.17, 15) is 10.0 Å².